The van der Waals surface area contributed by atoms with E-state index in [1.165, 1.54) is 109 Å². The second kappa shape index (κ2) is 25.0. The highest BCUT2D eigenvalue weighted by Gasteiger charge is 2.24. The zero-order valence-electron chi connectivity index (χ0n) is 25.2. The van der Waals surface area contributed by atoms with E-state index in [2.05, 4.69) is 6.92 Å². The molecule has 0 saturated carbocycles. The molecule has 0 aromatic rings. The predicted molar refractivity (Wildman–Crippen MR) is 155 cm³/mol. The normalized spacial score (nSPS) is 14.6. The molecule has 0 bridgehead atoms. The average Bonchev–Trinajstić information content (AvgIpc) is 2.83. The average molecular weight is 553 g/mol. The van der Waals surface area contributed by atoms with Crippen molar-refractivity contribution >= 4 is 7.82 Å². The molecular weight excluding hydrogens is 489 g/mol. The van der Waals surface area contributed by atoms with Gasteiger partial charge in [-0.25, -0.2) is 4.57 Å². The Kier molecular flexibility index (Phi) is 25.0. The number of unbranched alkanes of at least 4 members (excludes halogenated alkanes) is 17. The number of ether oxygens (including phenoxy) is 2. The molecule has 0 fully saturated rings. The molecule has 2 atom stereocenters. The Morgan fingerprint density at radius 2 is 1.08 bits per heavy atom. The molecule has 2 unspecified atom stereocenters. The zero-order chi connectivity index (χ0) is 27.7. The van der Waals surface area contributed by atoms with Crippen molar-refractivity contribution in [1.82, 2.24) is 0 Å². The highest BCUT2D eigenvalue weighted by molar-refractivity contribution is 7.47. The van der Waals surface area contributed by atoms with Gasteiger partial charge in [0.2, 0.25) is 0 Å². The highest BCUT2D eigenvalue weighted by Crippen LogP contribution is 2.43. The minimum absolute atomic E-state index is 0.0340. The molecule has 0 saturated heterocycles. The third-order valence-corrected chi connectivity index (χ3v) is 7.70. The summed E-state index contributed by atoms with van der Waals surface area (Å²) in [6.07, 6.45) is 24.1. The Morgan fingerprint density at radius 1 is 0.649 bits per heavy atom. The molecule has 8 heteroatoms. The Balaban J connectivity index is 3.44. The van der Waals surface area contributed by atoms with Crippen molar-refractivity contribution in [3.05, 3.63) is 0 Å². The molecule has 0 aromatic heterocycles. The van der Waals surface area contributed by atoms with E-state index in [1.807, 2.05) is 21.1 Å². The van der Waals surface area contributed by atoms with E-state index in [1.54, 1.807) is 7.11 Å². The van der Waals surface area contributed by atoms with E-state index in [0.29, 0.717) is 24.2 Å². The van der Waals surface area contributed by atoms with Crippen LogP contribution in [0.3, 0.4) is 0 Å². The van der Waals surface area contributed by atoms with E-state index >= 15 is 0 Å². The summed E-state index contributed by atoms with van der Waals surface area (Å²) in [7, 11) is 3.45. The number of hydrogen-bond acceptors (Lipinski definition) is 5. The summed E-state index contributed by atoms with van der Waals surface area (Å²) in [5, 5.41) is 0. The molecule has 0 aliphatic carbocycles. The van der Waals surface area contributed by atoms with Crippen molar-refractivity contribution in [2.45, 2.75) is 129 Å². The summed E-state index contributed by atoms with van der Waals surface area (Å²) in [5.41, 5.74) is 0. The van der Waals surface area contributed by atoms with Crippen molar-refractivity contribution in [2.24, 2.45) is 0 Å². The number of likely N-dealkylation sites (N-methyl/N-ethyl adjacent to an activating group) is 1. The van der Waals surface area contributed by atoms with E-state index in [4.69, 9.17) is 18.5 Å². The summed E-state index contributed by atoms with van der Waals surface area (Å²) in [4.78, 5) is 9.80. The van der Waals surface area contributed by atoms with Crippen molar-refractivity contribution in [2.75, 3.05) is 61.2 Å². The second-order valence-corrected chi connectivity index (χ2v) is 13.0. The largest absolute Gasteiger partial charge is 0.472 e. The Bertz CT molecular complexity index is 529. The minimum Gasteiger partial charge on any atom is -0.379 e. The molecule has 0 radical (unpaired) electrons. The van der Waals surface area contributed by atoms with Crippen LogP contribution in [-0.2, 0) is 23.1 Å². The summed E-state index contributed by atoms with van der Waals surface area (Å²) in [5.74, 6) is 0. The Labute approximate surface area is 230 Å². The second-order valence-electron chi connectivity index (χ2n) is 11.6. The van der Waals surface area contributed by atoms with Gasteiger partial charge >= 0.3 is 7.82 Å². The molecule has 0 heterocycles. The molecule has 224 valence electrons. The van der Waals surface area contributed by atoms with Crippen LogP contribution in [0.15, 0.2) is 0 Å². The van der Waals surface area contributed by atoms with Gasteiger partial charge in [0.05, 0.1) is 34.4 Å². The summed E-state index contributed by atoms with van der Waals surface area (Å²) < 4.78 is 33.7. The van der Waals surface area contributed by atoms with Crippen LogP contribution in [-0.4, -0.2) is 76.7 Å². The fourth-order valence-electron chi connectivity index (χ4n) is 4.15. The number of rotatable bonds is 29. The molecule has 0 aliphatic rings. The molecule has 0 amide bonds. The molecule has 7 nitrogen and oxygen atoms in total. The van der Waals surface area contributed by atoms with Crippen LogP contribution in [0, 0.1) is 0 Å². The lowest BCUT2D eigenvalue weighted by atomic mass is 10.0. The molecular formula is C29H63NO6P+. The lowest BCUT2D eigenvalue weighted by Gasteiger charge is -2.24. The van der Waals surface area contributed by atoms with Crippen molar-refractivity contribution in [1.29, 1.82) is 0 Å². The SMILES string of the molecule is CCCCCCCCCCCCCCCCCCCCOCC(COP(=O)(O)OCC[N+](C)(C)C)OC. The first-order valence-electron chi connectivity index (χ1n) is 15.2. The van der Waals surface area contributed by atoms with Gasteiger partial charge in [-0.15, -0.1) is 0 Å². The molecule has 1 N–H and O–H groups in total. The highest BCUT2D eigenvalue weighted by atomic mass is 31.2. The lowest BCUT2D eigenvalue weighted by Crippen LogP contribution is -2.37. The fourth-order valence-corrected chi connectivity index (χ4v) is 4.89. The van der Waals surface area contributed by atoms with Crippen LogP contribution in [0.1, 0.15) is 122 Å². The van der Waals surface area contributed by atoms with Crippen LogP contribution in [0.5, 0.6) is 0 Å². The third kappa shape index (κ3) is 28.8. The fraction of sp³-hybridized carbons (Fsp3) is 1.00. The van der Waals surface area contributed by atoms with Crippen molar-refractivity contribution < 1.29 is 32.5 Å². The van der Waals surface area contributed by atoms with Crippen LogP contribution in [0.25, 0.3) is 0 Å². The topological polar surface area (TPSA) is 74.2 Å². The van der Waals surface area contributed by atoms with Gasteiger partial charge in [0.1, 0.15) is 19.3 Å². The van der Waals surface area contributed by atoms with Crippen LogP contribution < -0.4 is 0 Å². The van der Waals surface area contributed by atoms with Gasteiger partial charge in [0.15, 0.2) is 0 Å². The van der Waals surface area contributed by atoms with E-state index < -0.39 is 13.9 Å². The standard InChI is InChI=1S/C29H62NO6P/c1-6-7-8-9-10-11-12-13-14-15-16-17-18-19-20-21-22-23-25-34-27-29(33-5)28-36-37(31,32)35-26-24-30(2,3)4/h29H,6-28H2,1-5H3/p+1. The first-order valence-corrected chi connectivity index (χ1v) is 16.7. The van der Waals surface area contributed by atoms with Crippen molar-refractivity contribution in [3.63, 3.8) is 0 Å². The van der Waals surface area contributed by atoms with Gasteiger partial charge in [-0.2, -0.15) is 0 Å². The number of hydrogen-bond donors (Lipinski definition) is 1. The van der Waals surface area contributed by atoms with Crippen LogP contribution in [0.2, 0.25) is 0 Å². The minimum atomic E-state index is -4.07. The number of methoxy groups -OCH3 is 1. The van der Waals surface area contributed by atoms with E-state index in [0.717, 1.165) is 6.42 Å². The van der Waals surface area contributed by atoms with Gasteiger partial charge in [0, 0.05) is 13.7 Å². The maximum Gasteiger partial charge on any atom is 0.472 e. The van der Waals surface area contributed by atoms with Gasteiger partial charge in [-0.05, 0) is 6.42 Å². The smallest absolute Gasteiger partial charge is 0.379 e. The number of phosphoric ester groups is 1. The van der Waals surface area contributed by atoms with E-state index in [-0.39, 0.29) is 13.2 Å². The quantitative estimate of drug-likeness (QED) is 0.0578. The third-order valence-electron chi connectivity index (χ3n) is 6.72. The first-order chi connectivity index (χ1) is 17.7. The molecule has 37 heavy (non-hydrogen) atoms. The predicted octanol–water partition coefficient (Wildman–Crippen LogP) is 7.90. The van der Waals surface area contributed by atoms with Gasteiger partial charge in [0.25, 0.3) is 0 Å². The number of nitrogens with zero attached hydrogens (tertiary/aromatic N) is 1. The van der Waals surface area contributed by atoms with Gasteiger partial charge in [-0.3, -0.25) is 9.05 Å². The zero-order valence-corrected chi connectivity index (χ0v) is 26.1. The summed E-state index contributed by atoms with van der Waals surface area (Å²) >= 11 is 0. The Hall–Kier alpha value is -0.0100. The molecule has 0 rings (SSSR count). The molecule has 0 aromatic carbocycles. The molecule has 0 spiro atoms. The maximum absolute atomic E-state index is 12.0. The maximum atomic E-state index is 12.0. The Morgan fingerprint density at radius 3 is 1.49 bits per heavy atom. The van der Waals surface area contributed by atoms with Crippen LogP contribution >= 0.6 is 7.82 Å². The van der Waals surface area contributed by atoms with Crippen molar-refractivity contribution in [3.8, 4) is 0 Å². The number of phosphoric acid groups is 1. The first kappa shape index (κ1) is 37.0. The summed E-state index contributed by atoms with van der Waals surface area (Å²) in [6, 6.07) is 0. The molecule has 0 aliphatic heterocycles. The van der Waals surface area contributed by atoms with Gasteiger partial charge in [-0.1, -0.05) is 116 Å². The van der Waals surface area contributed by atoms with E-state index in [9.17, 15) is 9.46 Å². The monoisotopic (exact) mass is 552 g/mol. The lowest BCUT2D eigenvalue weighted by molar-refractivity contribution is -0.870. The summed E-state index contributed by atoms with van der Waals surface area (Å²) in [6.45, 7) is 4.04. The number of quaternary nitrogens is 1. The van der Waals surface area contributed by atoms with Gasteiger partial charge < -0.3 is 18.9 Å². The van der Waals surface area contributed by atoms with Crippen LogP contribution in [0.4, 0.5) is 0 Å².